The number of esters is 1. The van der Waals surface area contributed by atoms with Gasteiger partial charge in [-0.3, -0.25) is 4.40 Å². The molecule has 4 rings (SSSR count). The largest absolute Gasteiger partial charge is 0.387 e. The van der Waals surface area contributed by atoms with Crippen LogP contribution in [0, 0.1) is 0 Å². The maximum atomic E-state index is 12.2. The molecule has 0 atom stereocenters. The van der Waals surface area contributed by atoms with Crippen molar-refractivity contribution >= 4 is 22.6 Å². The lowest BCUT2D eigenvalue weighted by Gasteiger charge is -2.00. The molecule has 0 saturated carbocycles. The lowest BCUT2D eigenvalue weighted by atomic mass is 10.3. The van der Waals surface area contributed by atoms with Crippen LogP contribution in [0.1, 0.15) is 10.5 Å². The molecule has 0 aliphatic heterocycles. The number of nitrogens with one attached hydrogen (secondary N) is 1. The molecule has 0 bridgehead atoms. The van der Waals surface area contributed by atoms with Crippen molar-refractivity contribution in [1.29, 1.82) is 0 Å². The smallest absolute Gasteiger partial charge is 0.364 e. The van der Waals surface area contributed by atoms with E-state index in [1.54, 1.807) is 10.6 Å². The van der Waals surface area contributed by atoms with E-state index in [1.807, 2.05) is 42.5 Å². The zero-order valence-corrected chi connectivity index (χ0v) is 10.9. The highest BCUT2D eigenvalue weighted by atomic mass is 16.5. The summed E-state index contributed by atoms with van der Waals surface area (Å²) in [4.78, 5) is 23.5. The summed E-state index contributed by atoms with van der Waals surface area (Å²) in [6, 6.07) is 13.1. The predicted octanol–water partition coefficient (Wildman–Crippen LogP) is 2.43. The number of benzene rings is 1. The zero-order valence-electron chi connectivity index (χ0n) is 10.9. The van der Waals surface area contributed by atoms with Crippen LogP contribution in [0.4, 0.5) is 0 Å². The molecule has 102 valence electrons. The van der Waals surface area contributed by atoms with Gasteiger partial charge < -0.3 is 9.72 Å². The van der Waals surface area contributed by atoms with Crippen molar-refractivity contribution < 1.29 is 9.53 Å². The summed E-state index contributed by atoms with van der Waals surface area (Å²) in [5.74, 6) is -0.507. The Bertz CT molecular complexity index is 921. The molecule has 0 amide bonds. The van der Waals surface area contributed by atoms with Crippen molar-refractivity contribution in [3.63, 3.8) is 0 Å². The molecule has 6 nitrogen and oxygen atoms in total. The number of rotatable bonds is 2. The van der Waals surface area contributed by atoms with Gasteiger partial charge in [-0.2, -0.15) is 4.98 Å². The highest BCUT2D eigenvalue weighted by Gasteiger charge is 2.16. The zero-order chi connectivity index (χ0) is 14.2. The van der Waals surface area contributed by atoms with Gasteiger partial charge in [0.2, 0.25) is 0 Å². The Labute approximate surface area is 119 Å². The normalized spacial score (nSPS) is 11.0. The third-order valence-electron chi connectivity index (χ3n) is 3.18. The maximum Gasteiger partial charge on any atom is 0.364 e. The van der Waals surface area contributed by atoms with Gasteiger partial charge in [0, 0.05) is 6.20 Å². The summed E-state index contributed by atoms with van der Waals surface area (Å²) in [7, 11) is 0. The summed E-state index contributed by atoms with van der Waals surface area (Å²) in [6.45, 7) is 0. The van der Waals surface area contributed by atoms with E-state index < -0.39 is 5.97 Å². The summed E-state index contributed by atoms with van der Waals surface area (Å²) >= 11 is 0. The van der Waals surface area contributed by atoms with E-state index in [2.05, 4.69) is 15.0 Å². The first kappa shape index (κ1) is 11.7. The Hall–Kier alpha value is -3.15. The molecular formula is C15H10N4O2. The van der Waals surface area contributed by atoms with Crippen LogP contribution < -0.4 is 4.74 Å². The second-order valence-corrected chi connectivity index (χ2v) is 4.52. The van der Waals surface area contributed by atoms with Crippen LogP contribution in [0.25, 0.3) is 16.7 Å². The molecule has 0 fully saturated rings. The fraction of sp³-hybridized carbons (Fsp3) is 0. The van der Waals surface area contributed by atoms with Crippen molar-refractivity contribution in [1.82, 2.24) is 19.4 Å². The summed E-state index contributed by atoms with van der Waals surface area (Å²) in [5, 5.41) is 0. The molecule has 0 spiro atoms. The van der Waals surface area contributed by atoms with Gasteiger partial charge in [-0.1, -0.05) is 18.2 Å². The molecule has 0 aliphatic rings. The Balaban J connectivity index is 1.69. The number of carbonyl (C=O) groups excluding carboxylic acids is 1. The van der Waals surface area contributed by atoms with Crippen LogP contribution >= 0.6 is 0 Å². The topological polar surface area (TPSA) is 72.3 Å². The second-order valence-electron chi connectivity index (χ2n) is 4.52. The molecule has 6 heteroatoms. The van der Waals surface area contributed by atoms with Gasteiger partial charge in [0.05, 0.1) is 17.2 Å². The number of H-pyrrole nitrogens is 1. The van der Waals surface area contributed by atoms with Gasteiger partial charge in [0.15, 0.2) is 5.69 Å². The standard InChI is InChI=1S/C15H10N4O2/c20-14(12-9-16-13-7-3-4-8-19(12)13)21-15-17-10-5-1-2-6-11(10)18-15/h1-9H,(H,17,18). The third-order valence-corrected chi connectivity index (χ3v) is 3.18. The first-order valence-electron chi connectivity index (χ1n) is 6.40. The van der Waals surface area contributed by atoms with E-state index in [1.165, 1.54) is 6.20 Å². The molecule has 0 radical (unpaired) electrons. The van der Waals surface area contributed by atoms with Crippen LogP contribution in [0.3, 0.4) is 0 Å². The number of hydrogen-bond donors (Lipinski definition) is 1. The fourth-order valence-corrected chi connectivity index (χ4v) is 2.20. The lowest BCUT2D eigenvalue weighted by Crippen LogP contribution is -2.11. The first-order chi connectivity index (χ1) is 10.3. The fourth-order valence-electron chi connectivity index (χ4n) is 2.20. The van der Waals surface area contributed by atoms with Gasteiger partial charge in [-0.25, -0.2) is 9.78 Å². The maximum absolute atomic E-state index is 12.2. The molecule has 1 aromatic carbocycles. The molecule has 1 N–H and O–H groups in total. The van der Waals surface area contributed by atoms with Crippen molar-refractivity contribution in [2.24, 2.45) is 0 Å². The molecule has 0 saturated heterocycles. The van der Waals surface area contributed by atoms with E-state index in [4.69, 9.17) is 4.74 Å². The number of fused-ring (bicyclic) bond motifs is 2. The third kappa shape index (κ3) is 1.93. The molecule has 21 heavy (non-hydrogen) atoms. The molecular weight excluding hydrogens is 268 g/mol. The molecule has 3 heterocycles. The van der Waals surface area contributed by atoms with E-state index in [0.29, 0.717) is 11.3 Å². The average molecular weight is 278 g/mol. The lowest BCUT2D eigenvalue weighted by molar-refractivity contribution is 0.0714. The summed E-state index contributed by atoms with van der Waals surface area (Å²) in [5.41, 5.74) is 2.61. The van der Waals surface area contributed by atoms with E-state index >= 15 is 0 Å². The Morgan fingerprint density at radius 2 is 2.00 bits per heavy atom. The number of imidazole rings is 2. The Kier molecular flexibility index (Phi) is 2.47. The number of pyridine rings is 1. The van der Waals surface area contributed by atoms with Crippen LogP contribution in [0.5, 0.6) is 6.01 Å². The number of aromatic nitrogens is 4. The van der Waals surface area contributed by atoms with E-state index in [9.17, 15) is 4.79 Å². The minimum Gasteiger partial charge on any atom is -0.387 e. The van der Waals surface area contributed by atoms with Crippen LogP contribution in [-0.4, -0.2) is 25.3 Å². The van der Waals surface area contributed by atoms with Crippen LogP contribution in [0.2, 0.25) is 0 Å². The summed E-state index contributed by atoms with van der Waals surface area (Å²) < 4.78 is 6.96. The predicted molar refractivity (Wildman–Crippen MR) is 76.2 cm³/mol. The highest BCUT2D eigenvalue weighted by molar-refractivity contribution is 5.90. The quantitative estimate of drug-likeness (QED) is 0.571. The number of ether oxygens (including phenoxy) is 1. The molecule has 0 aliphatic carbocycles. The second kappa shape index (κ2) is 4.45. The van der Waals surface area contributed by atoms with E-state index in [-0.39, 0.29) is 6.01 Å². The minimum atomic E-state index is -0.507. The van der Waals surface area contributed by atoms with Crippen molar-refractivity contribution in [2.45, 2.75) is 0 Å². The molecule has 4 aromatic rings. The minimum absolute atomic E-state index is 0.173. The number of nitrogens with zero attached hydrogens (tertiary/aromatic N) is 3. The van der Waals surface area contributed by atoms with Crippen molar-refractivity contribution in [2.75, 3.05) is 0 Å². The Morgan fingerprint density at radius 1 is 1.14 bits per heavy atom. The van der Waals surface area contributed by atoms with Crippen molar-refractivity contribution in [3.05, 3.63) is 60.6 Å². The molecule has 0 unspecified atom stereocenters. The molecule has 3 aromatic heterocycles. The number of hydrogen-bond acceptors (Lipinski definition) is 4. The van der Waals surface area contributed by atoms with Gasteiger partial charge in [0.25, 0.3) is 0 Å². The van der Waals surface area contributed by atoms with Gasteiger partial charge in [-0.15, -0.1) is 0 Å². The highest BCUT2D eigenvalue weighted by Crippen LogP contribution is 2.16. The van der Waals surface area contributed by atoms with Gasteiger partial charge in [0.1, 0.15) is 5.65 Å². The number of carbonyl (C=O) groups is 1. The van der Waals surface area contributed by atoms with E-state index in [0.717, 1.165) is 11.0 Å². The van der Waals surface area contributed by atoms with Crippen molar-refractivity contribution in [3.8, 4) is 6.01 Å². The summed E-state index contributed by atoms with van der Waals surface area (Å²) in [6.07, 6.45) is 3.25. The van der Waals surface area contributed by atoms with Crippen LogP contribution in [0.15, 0.2) is 54.9 Å². The first-order valence-corrected chi connectivity index (χ1v) is 6.40. The monoisotopic (exact) mass is 278 g/mol. The average Bonchev–Trinajstić information content (AvgIpc) is 3.10. The van der Waals surface area contributed by atoms with Gasteiger partial charge >= 0.3 is 12.0 Å². The number of aromatic amines is 1. The van der Waals surface area contributed by atoms with Gasteiger partial charge in [-0.05, 0) is 24.3 Å². The number of para-hydroxylation sites is 2. The SMILES string of the molecule is O=C(Oc1nc2ccccc2[nH]1)c1cnc2ccccn12. The van der Waals surface area contributed by atoms with Crippen LogP contribution in [-0.2, 0) is 0 Å². The Morgan fingerprint density at radius 3 is 2.90 bits per heavy atom.